The first-order chi connectivity index (χ1) is 34.2. The molecule has 2 atom stereocenters. The molecule has 0 aromatic carbocycles. The minimum Gasteiger partial charge on any atom is -0.394 e. The van der Waals surface area contributed by atoms with Crippen LogP contribution in [0.4, 0.5) is 0 Å². The fourth-order valence-corrected chi connectivity index (χ4v) is 10.6. The van der Waals surface area contributed by atoms with Crippen molar-refractivity contribution in [2.24, 2.45) is 0 Å². The zero-order valence-electron chi connectivity index (χ0n) is 47.6. The van der Waals surface area contributed by atoms with Crippen LogP contribution in [0.15, 0.2) is 12.2 Å². The van der Waals surface area contributed by atoms with Gasteiger partial charge in [-0.25, -0.2) is 0 Å². The van der Waals surface area contributed by atoms with Crippen LogP contribution in [-0.4, -0.2) is 34.9 Å². The van der Waals surface area contributed by atoms with Crippen molar-refractivity contribution in [1.82, 2.24) is 5.32 Å². The maximum Gasteiger partial charge on any atom is 0.220 e. The zero-order valence-corrected chi connectivity index (χ0v) is 47.6. The van der Waals surface area contributed by atoms with Crippen LogP contribution in [0.3, 0.4) is 0 Å². The number of carbonyl (C=O) groups excluding carboxylic acids is 1. The Kier molecular flexibility index (Phi) is 60.7. The van der Waals surface area contributed by atoms with Crippen LogP contribution in [0.2, 0.25) is 0 Å². The number of hydrogen-bond acceptors (Lipinski definition) is 3. The molecule has 0 aromatic rings. The molecular formula is C65H129NO3. The molecule has 0 aromatic heterocycles. The lowest BCUT2D eigenvalue weighted by atomic mass is 10.0. The van der Waals surface area contributed by atoms with Crippen molar-refractivity contribution in [3.05, 3.63) is 12.2 Å². The van der Waals surface area contributed by atoms with Crippen LogP contribution < -0.4 is 5.32 Å². The van der Waals surface area contributed by atoms with E-state index in [1.807, 2.05) is 0 Å². The normalized spacial score (nSPS) is 12.7. The van der Waals surface area contributed by atoms with Crippen LogP contribution in [0.5, 0.6) is 0 Å². The molecule has 4 heteroatoms. The molecule has 0 fully saturated rings. The summed E-state index contributed by atoms with van der Waals surface area (Å²) in [7, 11) is 0. The van der Waals surface area contributed by atoms with Gasteiger partial charge in [-0.05, 0) is 38.5 Å². The van der Waals surface area contributed by atoms with E-state index in [2.05, 4.69) is 31.3 Å². The molecule has 4 nitrogen and oxygen atoms in total. The number of rotatable bonds is 61. The second-order valence-corrected chi connectivity index (χ2v) is 22.5. The molecule has 0 radical (unpaired) electrons. The number of amides is 1. The van der Waals surface area contributed by atoms with E-state index in [1.54, 1.807) is 0 Å². The van der Waals surface area contributed by atoms with Crippen LogP contribution in [0.1, 0.15) is 380 Å². The minimum atomic E-state index is -0.657. The summed E-state index contributed by atoms with van der Waals surface area (Å²) < 4.78 is 0. The number of unbranched alkanes of at least 4 members (excludes halogenated alkanes) is 52. The average Bonchev–Trinajstić information content (AvgIpc) is 3.35. The van der Waals surface area contributed by atoms with E-state index >= 15 is 0 Å². The quantitative estimate of drug-likeness (QED) is 0.0420. The van der Waals surface area contributed by atoms with Gasteiger partial charge in [-0.3, -0.25) is 4.79 Å². The third kappa shape index (κ3) is 57.9. The van der Waals surface area contributed by atoms with Crippen LogP contribution >= 0.6 is 0 Å². The summed E-state index contributed by atoms with van der Waals surface area (Å²) in [6.45, 7) is 4.41. The third-order valence-corrected chi connectivity index (χ3v) is 15.5. The largest absolute Gasteiger partial charge is 0.394 e. The monoisotopic (exact) mass is 972 g/mol. The average molecular weight is 973 g/mol. The predicted octanol–water partition coefficient (Wildman–Crippen LogP) is 21.7. The predicted molar refractivity (Wildman–Crippen MR) is 309 cm³/mol. The molecule has 0 bridgehead atoms. The lowest BCUT2D eigenvalue weighted by Crippen LogP contribution is -2.45. The molecule has 1 amide bonds. The minimum absolute atomic E-state index is 0.0215. The van der Waals surface area contributed by atoms with E-state index in [9.17, 15) is 15.0 Å². The van der Waals surface area contributed by atoms with E-state index in [0.29, 0.717) is 12.8 Å². The van der Waals surface area contributed by atoms with Gasteiger partial charge < -0.3 is 15.5 Å². The Morgan fingerprint density at radius 1 is 0.333 bits per heavy atom. The van der Waals surface area contributed by atoms with E-state index in [-0.39, 0.29) is 12.5 Å². The van der Waals surface area contributed by atoms with Crippen molar-refractivity contribution in [3.63, 3.8) is 0 Å². The first-order valence-electron chi connectivity index (χ1n) is 32.4. The highest BCUT2D eigenvalue weighted by atomic mass is 16.3. The summed E-state index contributed by atoms with van der Waals surface area (Å²) in [5, 5.41) is 23.4. The molecule has 0 saturated heterocycles. The van der Waals surface area contributed by atoms with Gasteiger partial charge in [0.15, 0.2) is 0 Å². The summed E-state index contributed by atoms with van der Waals surface area (Å²) in [6.07, 6.45) is 81.0. The Labute approximate surface area is 435 Å². The maximum atomic E-state index is 12.5. The second kappa shape index (κ2) is 61.4. The summed E-state index contributed by atoms with van der Waals surface area (Å²) in [4.78, 5) is 12.5. The zero-order chi connectivity index (χ0) is 49.9. The molecule has 2 unspecified atom stereocenters. The highest BCUT2D eigenvalue weighted by Crippen LogP contribution is 2.19. The first kappa shape index (κ1) is 68.1. The second-order valence-electron chi connectivity index (χ2n) is 22.5. The van der Waals surface area contributed by atoms with Gasteiger partial charge in [-0.15, -0.1) is 0 Å². The van der Waals surface area contributed by atoms with Crippen molar-refractivity contribution >= 4 is 5.91 Å². The van der Waals surface area contributed by atoms with Gasteiger partial charge in [-0.2, -0.15) is 0 Å². The molecule has 0 rings (SSSR count). The number of aliphatic hydroxyl groups is 2. The van der Waals surface area contributed by atoms with E-state index < -0.39 is 12.1 Å². The molecule has 412 valence electrons. The number of aliphatic hydroxyl groups excluding tert-OH is 2. The van der Waals surface area contributed by atoms with Gasteiger partial charge >= 0.3 is 0 Å². The Balaban J connectivity index is 3.37. The van der Waals surface area contributed by atoms with Crippen LogP contribution in [0, 0.1) is 0 Å². The topological polar surface area (TPSA) is 69.6 Å². The molecule has 0 spiro atoms. The highest BCUT2D eigenvalue weighted by Gasteiger charge is 2.20. The molecule has 0 heterocycles. The van der Waals surface area contributed by atoms with Crippen molar-refractivity contribution in [2.45, 2.75) is 392 Å². The molecule has 0 aliphatic rings. The molecule has 3 N–H and O–H groups in total. The van der Waals surface area contributed by atoms with Crippen molar-refractivity contribution in [3.8, 4) is 0 Å². The summed E-state index contributed by atoms with van der Waals surface area (Å²) in [5.41, 5.74) is 0. The molecule has 0 aliphatic carbocycles. The van der Waals surface area contributed by atoms with Gasteiger partial charge in [0.2, 0.25) is 5.91 Å². The summed E-state index contributed by atoms with van der Waals surface area (Å²) >= 11 is 0. The number of nitrogens with one attached hydrogen (secondary N) is 1. The van der Waals surface area contributed by atoms with Crippen molar-refractivity contribution in [1.29, 1.82) is 0 Å². The molecule has 0 aliphatic heterocycles. The lowest BCUT2D eigenvalue weighted by Gasteiger charge is -2.22. The third-order valence-electron chi connectivity index (χ3n) is 15.5. The number of allylic oxidation sites excluding steroid dienone is 2. The Morgan fingerprint density at radius 3 is 0.797 bits per heavy atom. The van der Waals surface area contributed by atoms with E-state index in [1.165, 1.54) is 327 Å². The smallest absolute Gasteiger partial charge is 0.220 e. The summed E-state index contributed by atoms with van der Waals surface area (Å²) in [6, 6.07) is -0.533. The Bertz CT molecular complexity index is 967. The molecule has 0 saturated carbocycles. The van der Waals surface area contributed by atoms with Gasteiger partial charge in [-0.1, -0.05) is 347 Å². The van der Waals surface area contributed by atoms with Crippen LogP contribution in [0.25, 0.3) is 0 Å². The highest BCUT2D eigenvalue weighted by molar-refractivity contribution is 5.76. The molecule has 69 heavy (non-hydrogen) atoms. The van der Waals surface area contributed by atoms with Crippen molar-refractivity contribution in [2.75, 3.05) is 6.61 Å². The fourth-order valence-electron chi connectivity index (χ4n) is 10.6. The number of hydrogen-bond donors (Lipinski definition) is 3. The molecular weight excluding hydrogens is 843 g/mol. The van der Waals surface area contributed by atoms with Gasteiger partial charge in [0.1, 0.15) is 0 Å². The maximum absolute atomic E-state index is 12.5. The SMILES string of the molecule is CCCCCCCCCC/C=C\CCCCCCCCCCCCCCCCCCCCCCCCCC(=O)NC(CO)C(O)CCCCCCCCCCCCCCCCCCCCCCCC. The standard InChI is InChI=1S/C65H129NO3/c1-3-5-7-9-11-13-15-17-19-21-23-25-27-28-29-30-31-32-33-34-35-36-37-38-39-41-43-45-47-49-51-53-55-57-59-61-65(69)66-63(62-67)64(68)60-58-56-54-52-50-48-46-44-42-40-26-24-22-20-18-16-14-12-10-8-6-4-2/h21,23,63-64,67-68H,3-20,22,24-62H2,1-2H3,(H,66,69)/b23-21-. The van der Waals surface area contributed by atoms with Gasteiger partial charge in [0, 0.05) is 6.42 Å². The lowest BCUT2D eigenvalue weighted by molar-refractivity contribution is -0.123. The fraction of sp³-hybridized carbons (Fsp3) is 0.954. The van der Waals surface area contributed by atoms with Gasteiger partial charge in [0.05, 0.1) is 18.8 Å². The van der Waals surface area contributed by atoms with Gasteiger partial charge in [0.25, 0.3) is 0 Å². The van der Waals surface area contributed by atoms with E-state index in [4.69, 9.17) is 0 Å². The number of carbonyl (C=O) groups is 1. The van der Waals surface area contributed by atoms with Crippen molar-refractivity contribution < 1.29 is 15.0 Å². The van der Waals surface area contributed by atoms with E-state index in [0.717, 1.165) is 25.7 Å². The summed E-state index contributed by atoms with van der Waals surface area (Å²) in [5.74, 6) is -0.0215. The first-order valence-corrected chi connectivity index (χ1v) is 32.4. The Morgan fingerprint density at radius 2 is 0.551 bits per heavy atom. The van der Waals surface area contributed by atoms with Crippen LogP contribution in [-0.2, 0) is 4.79 Å². The Hall–Kier alpha value is -0.870.